The lowest BCUT2D eigenvalue weighted by Crippen LogP contribution is -2.26. The summed E-state index contributed by atoms with van der Waals surface area (Å²) in [5, 5.41) is 27.6. The Morgan fingerprint density at radius 3 is 2.91 bits per heavy atom. The zero-order valence-corrected chi connectivity index (χ0v) is 19.6. The molecule has 2 heterocycles. The van der Waals surface area contributed by atoms with Gasteiger partial charge in [0, 0.05) is 35.4 Å². The van der Waals surface area contributed by atoms with Gasteiger partial charge in [0.05, 0.1) is 17.7 Å². The highest BCUT2D eigenvalue weighted by Gasteiger charge is 2.32. The zero-order chi connectivity index (χ0) is 27.2. The summed E-state index contributed by atoms with van der Waals surface area (Å²) in [5.41, 5.74) is 5.01. The smallest absolute Gasteiger partial charge is 0.256 e. The van der Waals surface area contributed by atoms with Gasteiger partial charge in [-0.1, -0.05) is 29.5 Å². The number of anilines is 3. The van der Waals surface area contributed by atoms with Crippen LogP contribution in [0.15, 0.2) is 42.6 Å². The Kier molecular flexibility index (Phi) is 4.93. The van der Waals surface area contributed by atoms with E-state index in [2.05, 4.69) is 30.9 Å². The van der Waals surface area contributed by atoms with E-state index in [1.165, 1.54) is 6.20 Å². The second kappa shape index (κ2) is 8.95. The number of aryl methyl sites for hydroxylation is 1. The van der Waals surface area contributed by atoms with Gasteiger partial charge in [-0.15, -0.1) is 5.10 Å². The summed E-state index contributed by atoms with van der Waals surface area (Å²) in [6.45, 7) is 3.26. The molecule has 4 aromatic rings. The van der Waals surface area contributed by atoms with Gasteiger partial charge < -0.3 is 21.1 Å². The molecule has 35 heavy (non-hydrogen) atoms. The fourth-order valence-corrected chi connectivity index (χ4v) is 4.41. The van der Waals surface area contributed by atoms with Crippen molar-refractivity contribution in [1.82, 2.24) is 30.3 Å². The molecule has 1 amide bonds. The highest BCUT2D eigenvalue weighted by Crippen LogP contribution is 2.35. The molecule has 0 aliphatic heterocycles. The van der Waals surface area contributed by atoms with Crippen LogP contribution in [0.4, 0.5) is 17.5 Å². The molecule has 1 aliphatic rings. The van der Waals surface area contributed by atoms with Crippen molar-refractivity contribution in [1.29, 1.82) is 0 Å². The SMILES string of the molecule is [2H]C([2H])([2H])NC(=O)c1cnc(Nc2cc3c(cc2C)nnn3C(C)C)nc1N[C@H]1c2ccccc2C[C@H]1O. The molecule has 10 heteroatoms. The van der Waals surface area contributed by atoms with Crippen molar-refractivity contribution in [2.24, 2.45) is 0 Å². The minimum atomic E-state index is -2.69. The van der Waals surface area contributed by atoms with Crippen LogP contribution in [0.5, 0.6) is 0 Å². The molecule has 0 bridgehead atoms. The van der Waals surface area contributed by atoms with Crippen LogP contribution in [0, 0.1) is 6.92 Å². The summed E-state index contributed by atoms with van der Waals surface area (Å²) in [5.74, 6) is -0.577. The summed E-state index contributed by atoms with van der Waals surface area (Å²) >= 11 is 0. The molecule has 180 valence electrons. The number of carbonyl (C=O) groups excluding carboxylic acids is 1. The van der Waals surface area contributed by atoms with Gasteiger partial charge in [0.2, 0.25) is 5.95 Å². The number of fused-ring (bicyclic) bond motifs is 2. The van der Waals surface area contributed by atoms with Gasteiger partial charge in [-0.05, 0) is 49.6 Å². The molecule has 0 saturated carbocycles. The first-order valence-electron chi connectivity index (χ1n) is 12.8. The quantitative estimate of drug-likeness (QED) is 0.334. The molecule has 2 aromatic heterocycles. The van der Waals surface area contributed by atoms with E-state index in [4.69, 9.17) is 4.11 Å². The van der Waals surface area contributed by atoms with Gasteiger partial charge in [-0.3, -0.25) is 4.79 Å². The Morgan fingerprint density at radius 1 is 1.29 bits per heavy atom. The molecule has 1 aliphatic carbocycles. The van der Waals surface area contributed by atoms with Gasteiger partial charge in [-0.2, -0.15) is 4.98 Å². The Balaban J connectivity index is 1.52. The van der Waals surface area contributed by atoms with Crippen molar-refractivity contribution in [2.75, 3.05) is 17.6 Å². The molecule has 0 spiro atoms. The van der Waals surface area contributed by atoms with Crippen LogP contribution < -0.4 is 16.0 Å². The predicted octanol–water partition coefficient (Wildman–Crippen LogP) is 3.28. The van der Waals surface area contributed by atoms with E-state index in [1.54, 1.807) is 0 Å². The zero-order valence-electron chi connectivity index (χ0n) is 22.6. The molecule has 4 N–H and O–H groups in total. The molecule has 0 saturated heterocycles. The van der Waals surface area contributed by atoms with Crippen LogP contribution in [0.2, 0.25) is 0 Å². The van der Waals surface area contributed by atoms with Crippen molar-refractivity contribution in [3.8, 4) is 0 Å². The molecular weight excluding hydrogens is 444 g/mol. The number of nitrogens with zero attached hydrogens (tertiary/aromatic N) is 5. The van der Waals surface area contributed by atoms with Crippen molar-refractivity contribution in [3.05, 3.63) is 64.8 Å². The number of aliphatic hydroxyl groups is 1. The van der Waals surface area contributed by atoms with Crippen molar-refractivity contribution < 1.29 is 14.0 Å². The number of hydrogen-bond acceptors (Lipinski definition) is 8. The van der Waals surface area contributed by atoms with Gasteiger partial charge >= 0.3 is 0 Å². The second-order valence-electron chi connectivity index (χ2n) is 8.91. The standard InChI is InChI=1S/C25H28N8O2/c1-13(2)33-20-11-18(14(3)9-19(20)31-32-33)28-25-27-12-17(24(35)26-4)23(30-25)29-22-16-8-6-5-7-15(16)10-21(22)34/h5-9,11-13,21-22,34H,10H2,1-4H3,(H,26,35)(H2,27,28,29,30)/t21-,22+/m1/s1/i4D3. The Bertz CT molecular complexity index is 1520. The van der Waals surface area contributed by atoms with Crippen LogP contribution in [-0.2, 0) is 6.42 Å². The summed E-state index contributed by atoms with van der Waals surface area (Å²) in [6, 6.07) is 11.0. The Labute approximate surface area is 207 Å². The normalized spacial score (nSPS) is 18.6. The largest absolute Gasteiger partial charge is 0.390 e. The van der Waals surface area contributed by atoms with E-state index in [1.807, 2.05) is 67.2 Å². The van der Waals surface area contributed by atoms with Crippen LogP contribution in [0.25, 0.3) is 11.0 Å². The number of aromatic nitrogens is 5. The molecule has 2 atom stereocenters. The number of rotatable bonds is 6. The fraction of sp³-hybridized carbons (Fsp3) is 0.320. The first-order valence-corrected chi connectivity index (χ1v) is 11.3. The average Bonchev–Trinajstić information content (AvgIpc) is 3.38. The Morgan fingerprint density at radius 2 is 2.11 bits per heavy atom. The molecule has 10 nitrogen and oxygen atoms in total. The summed E-state index contributed by atoms with van der Waals surface area (Å²) in [4.78, 5) is 21.6. The maximum absolute atomic E-state index is 12.8. The third-order valence-electron chi connectivity index (χ3n) is 6.20. The van der Waals surface area contributed by atoms with Crippen LogP contribution in [0.3, 0.4) is 0 Å². The highest BCUT2D eigenvalue weighted by molar-refractivity contribution is 5.98. The minimum Gasteiger partial charge on any atom is -0.390 e. The first kappa shape index (κ1) is 19.3. The first-order chi connectivity index (χ1) is 18.0. The third-order valence-corrected chi connectivity index (χ3v) is 6.20. The van der Waals surface area contributed by atoms with Gasteiger partial charge in [0.1, 0.15) is 16.9 Å². The second-order valence-corrected chi connectivity index (χ2v) is 8.91. The lowest BCUT2D eigenvalue weighted by Gasteiger charge is -2.21. The number of benzene rings is 2. The van der Waals surface area contributed by atoms with E-state index in [9.17, 15) is 9.90 Å². The average molecular weight is 476 g/mol. The number of aliphatic hydroxyl groups excluding tert-OH is 1. The highest BCUT2D eigenvalue weighted by atomic mass is 16.3. The number of carbonyl (C=O) groups is 1. The molecule has 5 rings (SSSR count). The molecule has 0 unspecified atom stereocenters. The molecule has 0 radical (unpaired) electrons. The number of nitrogens with one attached hydrogen (secondary N) is 3. The van der Waals surface area contributed by atoms with Crippen LogP contribution >= 0.6 is 0 Å². The maximum atomic E-state index is 12.8. The number of amides is 1. The summed E-state index contributed by atoms with van der Waals surface area (Å²) in [6.07, 6.45) is 0.947. The lowest BCUT2D eigenvalue weighted by atomic mass is 10.1. The predicted molar refractivity (Wildman–Crippen MR) is 134 cm³/mol. The Hall–Kier alpha value is -4.05. The van der Waals surface area contributed by atoms with Crippen LogP contribution in [0.1, 0.15) is 57.1 Å². The van der Waals surface area contributed by atoms with E-state index in [-0.39, 0.29) is 23.4 Å². The lowest BCUT2D eigenvalue weighted by molar-refractivity contribution is 0.0962. The van der Waals surface area contributed by atoms with Crippen molar-refractivity contribution >= 4 is 34.4 Å². The summed E-state index contributed by atoms with van der Waals surface area (Å²) in [7, 11) is 0. The minimum absolute atomic E-state index is 0.0579. The van der Waals surface area contributed by atoms with Crippen molar-refractivity contribution in [2.45, 2.75) is 45.4 Å². The van der Waals surface area contributed by atoms with Gasteiger partial charge in [0.25, 0.3) is 5.91 Å². The van der Waals surface area contributed by atoms with Gasteiger partial charge in [0.15, 0.2) is 0 Å². The third kappa shape index (κ3) is 4.17. The van der Waals surface area contributed by atoms with Crippen molar-refractivity contribution in [3.63, 3.8) is 0 Å². The topological polar surface area (TPSA) is 130 Å². The van der Waals surface area contributed by atoms with Gasteiger partial charge in [-0.25, -0.2) is 9.67 Å². The monoisotopic (exact) mass is 475 g/mol. The van der Waals surface area contributed by atoms with E-state index in [0.29, 0.717) is 6.42 Å². The molecule has 0 fully saturated rings. The molecule has 2 aromatic carbocycles. The number of hydrogen-bond donors (Lipinski definition) is 4. The van der Waals surface area contributed by atoms with Crippen LogP contribution in [-0.4, -0.2) is 49.1 Å². The maximum Gasteiger partial charge on any atom is 0.256 e. The van der Waals surface area contributed by atoms with E-state index >= 15 is 0 Å². The van der Waals surface area contributed by atoms with E-state index in [0.717, 1.165) is 33.4 Å². The fourth-order valence-electron chi connectivity index (χ4n) is 4.41. The summed E-state index contributed by atoms with van der Waals surface area (Å²) < 4.78 is 24.1. The van der Waals surface area contributed by atoms with E-state index < -0.39 is 25.0 Å². The molecular formula is C25H28N8O2.